The summed E-state index contributed by atoms with van der Waals surface area (Å²) in [6.45, 7) is 14.3. The molecule has 8 heteroatoms. The summed E-state index contributed by atoms with van der Waals surface area (Å²) in [5.74, 6) is -1.94. The quantitative estimate of drug-likeness (QED) is 0.264. The van der Waals surface area contributed by atoms with E-state index in [1.165, 1.54) is 0 Å². The van der Waals surface area contributed by atoms with Crippen molar-refractivity contribution in [1.29, 1.82) is 0 Å². The highest BCUT2D eigenvalue weighted by molar-refractivity contribution is 8.02. The average Bonchev–Trinajstić information content (AvgIpc) is 3.36. The second-order valence-corrected chi connectivity index (χ2v) is 11.6. The van der Waals surface area contributed by atoms with Gasteiger partial charge in [0.25, 0.3) is 0 Å². The molecule has 7 nitrogen and oxygen atoms in total. The molecule has 0 saturated carbocycles. The maximum Gasteiger partial charge on any atom is 0.311 e. The van der Waals surface area contributed by atoms with Crippen molar-refractivity contribution in [2.45, 2.75) is 74.5 Å². The number of rotatable bonds is 12. The molecule has 3 saturated heterocycles. The minimum atomic E-state index is -0.716. The van der Waals surface area contributed by atoms with E-state index >= 15 is 0 Å². The largest absolute Gasteiger partial charge is 0.465 e. The maximum atomic E-state index is 14.0. The molecule has 0 aromatic heterocycles. The van der Waals surface area contributed by atoms with E-state index in [2.05, 4.69) is 20.1 Å². The van der Waals surface area contributed by atoms with Gasteiger partial charge < -0.3 is 19.6 Å². The normalized spacial score (nSPS) is 33.0. The minimum absolute atomic E-state index is 0.114. The molecule has 0 radical (unpaired) electrons. The number of likely N-dealkylation sites (tertiary alicyclic amines) is 1. The lowest BCUT2D eigenvalue weighted by atomic mass is 9.66. The van der Waals surface area contributed by atoms with Gasteiger partial charge in [-0.05, 0) is 39.5 Å². The van der Waals surface area contributed by atoms with Gasteiger partial charge in [-0.15, -0.1) is 24.9 Å². The van der Waals surface area contributed by atoms with E-state index in [4.69, 9.17) is 4.74 Å². The van der Waals surface area contributed by atoms with Gasteiger partial charge in [0.2, 0.25) is 11.8 Å². The zero-order valence-electron chi connectivity index (χ0n) is 20.1. The number of thioether (sulfide) groups is 1. The first-order valence-corrected chi connectivity index (χ1v) is 12.8. The number of hydrogen-bond donors (Lipinski definition) is 1. The zero-order valence-corrected chi connectivity index (χ0v) is 20.9. The standard InChI is InChI=1S/C25H38N2O5S/c1-6-9-14-26(13-8-3)22(30)20-25-12-11-24(5,33-25)19(23(31)32-15-10-7-2)18(25)21(29)27(20)17(4)16-28/h7-8,17-20,28H,2-3,6,9-16H2,1,4-5H3/t17-,18+,19-,20?,24+,25?/m1/s1. The number of fused-ring (bicyclic) bond motifs is 1. The number of aliphatic hydroxyl groups excluding tert-OH is 1. The van der Waals surface area contributed by atoms with Crippen LogP contribution in [-0.2, 0) is 19.1 Å². The van der Waals surface area contributed by atoms with E-state index in [-0.39, 0.29) is 31.0 Å². The molecule has 2 unspecified atom stereocenters. The van der Waals surface area contributed by atoms with Crippen molar-refractivity contribution in [3.8, 4) is 0 Å². The van der Waals surface area contributed by atoms with Crippen LogP contribution in [0.15, 0.2) is 25.3 Å². The molecule has 3 rings (SSSR count). The number of hydrogen-bond acceptors (Lipinski definition) is 6. The second-order valence-electron chi connectivity index (χ2n) is 9.68. The van der Waals surface area contributed by atoms with Gasteiger partial charge in [0.05, 0.1) is 35.8 Å². The predicted molar refractivity (Wildman–Crippen MR) is 130 cm³/mol. The predicted octanol–water partition coefficient (Wildman–Crippen LogP) is 2.78. The average molecular weight is 479 g/mol. The highest BCUT2D eigenvalue weighted by Crippen LogP contribution is 2.71. The minimum Gasteiger partial charge on any atom is -0.465 e. The summed E-state index contributed by atoms with van der Waals surface area (Å²) < 4.78 is 4.39. The summed E-state index contributed by atoms with van der Waals surface area (Å²) in [5, 5.41) is 9.95. The Hall–Kier alpha value is -1.80. The Balaban J connectivity index is 2.02. The Morgan fingerprint density at radius 3 is 2.70 bits per heavy atom. The van der Waals surface area contributed by atoms with Crippen LogP contribution in [0.3, 0.4) is 0 Å². The molecule has 184 valence electrons. The van der Waals surface area contributed by atoms with Crippen molar-refractivity contribution >= 4 is 29.5 Å². The van der Waals surface area contributed by atoms with Crippen molar-refractivity contribution < 1.29 is 24.2 Å². The van der Waals surface area contributed by atoms with E-state index in [9.17, 15) is 19.5 Å². The van der Waals surface area contributed by atoms with Gasteiger partial charge in [-0.3, -0.25) is 14.4 Å². The monoisotopic (exact) mass is 478 g/mol. The number of carbonyl (C=O) groups is 3. The van der Waals surface area contributed by atoms with Crippen LogP contribution < -0.4 is 0 Å². The Bertz CT molecular complexity index is 804. The van der Waals surface area contributed by atoms with E-state index in [0.29, 0.717) is 25.9 Å². The molecule has 1 spiro atoms. The maximum absolute atomic E-state index is 14.0. The third-order valence-electron chi connectivity index (χ3n) is 7.45. The molecule has 3 heterocycles. The van der Waals surface area contributed by atoms with Crippen LogP contribution in [0.5, 0.6) is 0 Å². The van der Waals surface area contributed by atoms with Crippen LogP contribution in [0, 0.1) is 11.8 Å². The first kappa shape index (κ1) is 25.8. The fourth-order valence-corrected chi connectivity index (χ4v) is 8.19. The number of ether oxygens (including phenoxy) is 1. The lowest BCUT2D eigenvalue weighted by Gasteiger charge is -2.38. The van der Waals surface area contributed by atoms with Crippen LogP contribution in [0.2, 0.25) is 0 Å². The first-order valence-electron chi connectivity index (χ1n) is 12.0. The van der Waals surface area contributed by atoms with Gasteiger partial charge in [0.15, 0.2) is 0 Å². The van der Waals surface area contributed by atoms with Gasteiger partial charge in [-0.2, -0.15) is 0 Å². The molecular weight excluding hydrogens is 440 g/mol. The summed E-state index contributed by atoms with van der Waals surface area (Å²) in [7, 11) is 0. The molecule has 2 bridgehead atoms. The molecule has 0 aromatic carbocycles. The molecule has 1 N–H and O–H groups in total. The van der Waals surface area contributed by atoms with E-state index < -0.39 is 33.4 Å². The van der Waals surface area contributed by atoms with Crippen LogP contribution in [-0.4, -0.2) is 80.6 Å². The molecule has 2 amide bonds. The summed E-state index contributed by atoms with van der Waals surface area (Å²) in [6.07, 6.45) is 7.17. The highest BCUT2D eigenvalue weighted by atomic mass is 32.2. The third-order valence-corrected chi connectivity index (χ3v) is 9.44. The summed E-state index contributed by atoms with van der Waals surface area (Å²) in [4.78, 5) is 44.4. The van der Waals surface area contributed by atoms with Crippen LogP contribution in [0.25, 0.3) is 0 Å². The number of carbonyl (C=O) groups excluding carboxylic acids is 3. The fourth-order valence-electron chi connectivity index (χ4n) is 5.86. The molecule has 0 aromatic rings. The molecule has 3 aliphatic heterocycles. The van der Waals surface area contributed by atoms with Gasteiger partial charge in [0.1, 0.15) is 6.04 Å². The van der Waals surface area contributed by atoms with Gasteiger partial charge in [-0.1, -0.05) is 25.5 Å². The fraction of sp³-hybridized carbons (Fsp3) is 0.720. The Morgan fingerprint density at radius 2 is 2.09 bits per heavy atom. The lowest BCUT2D eigenvalue weighted by molar-refractivity contribution is -0.156. The third kappa shape index (κ3) is 4.25. The molecule has 3 fully saturated rings. The molecule has 33 heavy (non-hydrogen) atoms. The topological polar surface area (TPSA) is 87.1 Å². The van der Waals surface area contributed by atoms with E-state index in [1.54, 1.807) is 40.6 Å². The summed E-state index contributed by atoms with van der Waals surface area (Å²) >= 11 is 1.62. The SMILES string of the molecule is C=CCCOC(=O)[C@H]1[C@H]2C(=O)N([C@H](C)CO)C(C(=O)N(CC=C)CCCC)C23CC[C@]1(C)S3. The Kier molecular flexibility index (Phi) is 7.99. The van der Waals surface area contributed by atoms with Crippen LogP contribution in [0.4, 0.5) is 0 Å². The molecule has 6 atom stereocenters. The summed E-state index contributed by atoms with van der Waals surface area (Å²) in [6, 6.07) is -1.24. The summed E-state index contributed by atoms with van der Waals surface area (Å²) in [5.41, 5.74) is 0. The van der Waals surface area contributed by atoms with Gasteiger partial charge in [-0.25, -0.2) is 0 Å². The lowest BCUT2D eigenvalue weighted by Crippen LogP contribution is -2.57. The molecular formula is C25H38N2O5S. The molecule has 0 aliphatic carbocycles. The van der Waals surface area contributed by atoms with Crippen LogP contribution in [0.1, 0.15) is 52.9 Å². The number of unbranched alkanes of at least 4 members (excludes halogenated alkanes) is 1. The number of nitrogens with zero attached hydrogens (tertiary/aromatic N) is 2. The number of aliphatic hydroxyl groups is 1. The van der Waals surface area contributed by atoms with Crippen molar-refractivity contribution in [3.63, 3.8) is 0 Å². The number of amides is 2. The van der Waals surface area contributed by atoms with Crippen molar-refractivity contribution in [3.05, 3.63) is 25.3 Å². The van der Waals surface area contributed by atoms with Gasteiger partial charge >= 0.3 is 5.97 Å². The zero-order chi connectivity index (χ0) is 24.4. The number of esters is 1. The van der Waals surface area contributed by atoms with E-state index in [1.807, 2.05) is 6.92 Å². The van der Waals surface area contributed by atoms with E-state index in [0.717, 1.165) is 19.3 Å². The van der Waals surface area contributed by atoms with Gasteiger partial charge in [0, 0.05) is 17.8 Å². The Labute approximate surface area is 201 Å². The van der Waals surface area contributed by atoms with Crippen molar-refractivity contribution in [2.75, 3.05) is 26.3 Å². The van der Waals surface area contributed by atoms with Crippen molar-refractivity contribution in [2.24, 2.45) is 11.8 Å². The van der Waals surface area contributed by atoms with Crippen LogP contribution >= 0.6 is 11.8 Å². The smallest absolute Gasteiger partial charge is 0.311 e. The van der Waals surface area contributed by atoms with Crippen molar-refractivity contribution in [1.82, 2.24) is 9.80 Å². The molecule has 3 aliphatic rings. The first-order chi connectivity index (χ1) is 15.7. The highest BCUT2D eigenvalue weighted by Gasteiger charge is 2.78. The Morgan fingerprint density at radius 1 is 1.36 bits per heavy atom. The second kappa shape index (κ2) is 10.2.